The van der Waals surface area contributed by atoms with Crippen molar-refractivity contribution in [1.29, 1.82) is 0 Å². The standard InChI is InChI=1S/C28H32N2O5/c1-5-35-28(32)21-13-15-29(16-14-21)27(31)23-18-24(20-9-7-6-8-10-20)30(19(23)2)25-17-22(33-3)11-12-26(25)34-4/h6-12,17-18,21H,5,13-16H2,1-4H3. The van der Waals surface area contributed by atoms with Gasteiger partial charge in [-0.15, -0.1) is 0 Å². The minimum Gasteiger partial charge on any atom is -0.497 e. The van der Waals surface area contributed by atoms with E-state index in [1.165, 1.54) is 0 Å². The molecule has 35 heavy (non-hydrogen) atoms. The van der Waals surface area contributed by atoms with E-state index >= 15 is 0 Å². The van der Waals surface area contributed by atoms with Crippen molar-refractivity contribution in [2.45, 2.75) is 26.7 Å². The van der Waals surface area contributed by atoms with E-state index in [9.17, 15) is 9.59 Å². The molecule has 1 aromatic heterocycles. The van der Waals surface area contributed by atoms with E-state index in [2.05, 4.69) is 4.57 Å². The number of likely N-dealkylation sites (tertiary alicyclic amines) is 1. The summed E-state index contributed by atoms with van der Waals surface area (Å²) in [4.78, 5) is 27.6. The summed E-state index contributed by atoms with van der Waals surface area (Å²) in [6, 6.07) is 17.6. The number of rotatable bonds is 7. The van der Waals surface area contributed by atoms with Gasteiger partial charge < -0.3 is 23.7 Å². The first-order chi connectivity index (χ1) is 17.0. The second-order valence-electron chi connectivity index (χ2n) is 8.59. The third-order valence-electron chi connectivity index (χ3n) is 6.58. The molecule has 7 heteroatoms. The average molecular weight is 477 g/mol. The van der Waals surface area contributed by atoms with Crippen LogP contribution in [0.4, 0.5) is 0 Å². The second-order valence-corrected chi connectivity index (χ2v) is 8.59. The van der Waals surface area contributed by atoms with Crippen LogP contribution in [0.25, 0.3) is 16.9 Å². The maximum absolute atomic E-state index is 13.7. The van der Waals surface area contributed by atoms with Crippen LogP contribution in [0, 0.1) is 12.8 Å². The molecule has 0 bridgehead atoms. The molecular formula is C28H32N2O5. The molecule has 1 aliphatic rings. The van der Waals surface area contributed by atoms with Crippen LogP contribution < -0.4 is 9.47 Å². The van der Waals surface area contributed by atoms with E-state index in [4.69, 9.17) is 14.2 Å². The lowest BCUT2D eigenvalue weighted by Crippen LogP contribution is -2.40. The van der Waals surface area contributed by atoms with Gasteiger partial charge in [-0.05, 0) is 50.5 Å². The number of aromatic nitrogens is 1. The first-order valence-electron chi connectivity index (χ1n) is 11.9. The molecule has 2 aromatic carbocycles. The Morgan fingerprint density at radius 2 is 1.69 bits per heavy atom. The molecule has 4 rings (SSSR count). The molecular weight excluding hydrogens is 444 g/mol. The van der Waals surface area contributed by atoms with Gasteiger partial charge in [0, 0.05) is 24.8 Å². The van der Waals surface area contributed by atoms with Gasteiger partial charge in [0.2, 0.25) is 0 Å². The summed E-state index contributed by atoms with van der Waals surface area (Å²) < 4.78 is 18.4. The van der Waals surface area contributed by atoms with Crippen LogP contribution in [0.3, 0.4) is 0 Å². The predicted molar refractivity (Wildman–Crippen MR) is 134 cm³/mol. The van der Waals surface area contributed by atoms with Gasteiger partial charge in [-0.3, -0.25) is 9.59 Å². The number of hydrogen-bond acceptors (Lipinski definition) is 5. The molecule has 1 aliphatic heterocycles. The number of carbonyl (C=O) groups is 2. The highest BCUT2D eigenvalue weighted by Crippen LogP contribution is 2.36. The van der Waals surface area contributed by atoms with E-state index in [1.807, 2.05) is 73.3 Å². The lowest BCUT2D eigenvalue weighted by atomic mass is 9.96. The van der Waals surface area contributed by atoms with Gasteiger partial charge in [0.25, 0.3) is 5.91 Å². The Hall–Kier alpha value is -3.74. The van der Waals surface area contributed by atoms with Gasteiger partial charge in [0.05, 0.1) is 43.7 Å². The Bertz CT molecular complexity index is 1190. The van der Waals surface area contributed by atoms with Crippen LogP contribution in [0.15, 0.2) is 54.6 Å². The number of esters is 1. The zero-order valence-corrected chi connectivity index (χ0v) is 20.7. The smallest absolute Gasteiger partial charge is 0.309 e. The average Bonchev–Trinajstić information content (AvgIpc) is 3.25. The van der Waals surface area contributed by atoms with Crippen LogP contribution in [-0.4, -0.2) is 55.3 Å². The minimum atomic E-state index is -0.168. The fourth-order valence-electron chi connectivity index (χ4n) is 4.68. The van der Waals surface area contributed by atoms with Gasteiger partial charge in [-0.25, -0.2) is 0 Å². The molecule has 1 fully saturated rings. The van der Waals surface area contributed by atoms with Gasteiger partial charge in [0.15, 0.2) is 0 Å². The number of benzene rings is 2. The lowest BCUT2D eigenvalue weighted by Gasteiger charge is -2.31. The van der Waals surface area contributed by atoms with Crippen molar-refractivity contribution in [3.05, 3.63) is 65.9 Å². The molecule has 3 aromatic rings. The van der Waals surface area contributed by atoms with E-state index in [0.29, 0.717) is 49.6 Å². The number of piperidine rings is 1. The number of hydrogen-bond donors (Lipinski definition) is 0. The number of nitrogens with zero attached hydrogens (tertiary/aromatic N) is 2. The summed E-state index contributed by atoms with van der Waals surface area (Å²) in [6.07, 6.45) is 1.22. The molecule has 0 N–H and O–H groups in total. The third kappa shape index (κ3) is 4.90. The van der Waals surface area contributed by atoms with E-state index in [0.717, 1.165) is 22.6 Å². The third-order valence-corrected chi connectivity index (χ3v) is 6.58. The Morgan fingerprint density at radius 1 is 0.971 bits per heavy atom. The van der Waals surface area contributed by atoms with Crippen molar-refractivity contribution in [3.8, 4) is 28.4 Å². The Kier molecular flexibility index (Phi) is 7.44. The highest BCUT2D eigenvalue weighted by molar-refractivity contribution is 5.97. The molecule has 7 nitrogen and oxygen atoms in total. The van der Waals surface area contributed by atoms with Crippen LogP contribution in [0.5, 0.6) is 11.5 Å². The second kappa shape index (κ2) is 10.7. The first-order valence-corrected chi connectivity index (χ1v) is 11.9. The van der Waals surface area contributed by atoms with Gasteiger partial charge in [-0.2, -0.15) is 0 Å². The number of ether oxygens (including phenoxy) is 3. The zero-order valence-electron chi connectivity index (χ0n) is 20.7. The lowest BCUT2D eigenvalue weighted by molar-refractivity contribution is -0.149. The van der Waals surface area contributed by atoms with Gasteiger partial charge in [-0.1, -0.05) is 30.3 Å². The SMILES string of the molecule is CCOC(=O)C1CCN(C(=O)c2cc(-c3ccccc3)n(-c3cc(OC)ccc3OC)c2C)CC1. The van der Waals surface area contributed by atoms with Crippen molar-refractivity contribution in [1.82, 2.24) is 9.47 Å². The summed E-state index contributed by atoms with van der Waals surface area (Å²) in [6.45, 7) is 5.18. The molecule has 0 radical (unpaired) electrons. The molecule has 0 spiro atoms. The summed E-state index contributed by atoms with van der Waals surface area (Å²) in [5, 5.41) is 0. The zero-order chi connectivity index (χ0) is 24.9. The fraction of sp³-hybridized carbons (Fsp3) is 0.357. The topological polar surface area (TPSA) is 70.0 Å². The number of amides is 1. The predicted octanol–water partition coefficient (Wildman–Crippen LogP) is 4.89. The number of methoxy groups -OCH3 is 2. The molecule has 2 heterocycles. The maximum atomic E-state index is 13.7. The summed E-state index contributed by atoms with van der Waals surface area (Å²) in [5.74, 6) is 1.02. The monoisotopic (exact) mass is 476 g/mol. The molecule has 0 unspecified atom stereocenters. The fourth-order valence-corrected chi connectivity index (χ4v) is 4.68. The molecule has 1 saturated heterocycles. The Morgan fingerprint density at radius 3 is 2.31 bits per heavy atom. The highest BCUT2D eigenvalue weighted by atomic mass is 16.5. The molecule has 0 atom stereocenters. The van der Waals surface area contributed by atoms with E-state index < -0.39 is 0 Å². The van der Waals surface area contributed by atoms with Crippen LogP contribution in [-0.2, 0) is 9.53 Å². The largest absolute Gasteiger partial charge is 0.497 e. The van der Waals surface area contributed by atoms with Crippen molar-refractivity contribution < 1.29 is 23.8 Å². The van der Waals surface area contributed by atoms with Crippen molar-refractivity contribution >= 4 is 11.9 Å². The van der Waals surface area contributed by atoms with Crippen molar-refractivity contribution in [2.75, 3.05) is 33.9 Å². The molecule has 1 amide bonds. The van der Waals surface area contributed by atoms with E-state index in [-0.39, 0.29) is 17.8 Å². The van der Waals surface area contributed by atoms with Crippen LogP contribution in [0.1, 0.15) is 35.8 Å². The minimum absolute atomic E-state index is 0.0393. The molecule has 184 valence electrons. The molecule has 0 saturated carbocycles. The van der Waals surface area contributed by atoms with Gasteiger partial charge in [0.1, 0.15) is 11.5 Å². The summed E-state index contributed by atoms with van der Waals surface area (Å²) >= 11 is 0. The van der Waals surface area contributed by atoms with Crippen molar-refractivity contribution in [2.24, 2.45) is 5.92 Å². The maximum Gasteiger partial charge on any atom is 0.309 e. The Labute approximate surface area is 206 Å². The van der Waals surface area contributed by atoms with E-state index in [1.54, 1.807) is 14.2 Å². The summed E-state index contributed by atoms with van der Waals surface area (Å²) in [7, 11) is 3.26. The summed E-state index contributed by atoms with van der Waals surface area (Å²) in [5.41, 5.74) is 4.11. The van der Waals surface area contributed by atoms with Crippen molar-refractivity contribution in [3.63, 3.8) is 0 Å². The normalized spacial score (nSPS) is 14.0. The Balaban J connectivity index is 1.74. The van der Waals surface area contributed by atoms with Crippen LogP contribution in [0.2, 0.25) is 0 Å². The van der Waals surface area contributed by atoms with Crippen LogP contribution >= 0.6 is 0 Å². The first kappa shape index (κ1) is 24.4. The quantitative estimate of drug-likeness (QED) is 0.455. The van der Waals surface area contributed by atoms with Gasteiger partial charge >= 0.3 is 5.97 Å². The highest BCUT2D eigenvalue weighted by Gasteiger charge is 2.31. The molecule has 0 aliphatic carbocycles. The number of carbonyl (C=O) groups excluding carboxylic acids is 2.